The van der Waals surface area contributed by atoms with Crippen LogP contribution >= 0.6 is 11.6 Å². The second-order valence-electron chi connectivity index (χ2n) is 3.30. The standard InChI is InChI=1S/C12H11ClO6/c1-2-9(15)18-5-6-19-12(17)7-3-4-8(14)10(13)11(7)16/h2-4,14,16H,1,5-6H2. The third kappa shape index (κ3) is 3.89. The predicted octanol–water partition coefficient (Wildman–Crippen LogP) is 1.64. The zero-order valence-electron chi connectivity index (χ0n) is 9.76. The molecule has 0 saturated heterocycles. The lowest BCUT2D eigenvalue weighted by atomic mass is 10.2. The number of esters is 2. The van der Waals surface area contributed by atoms with E-state index >= 15 is 0 Å². The molecule has 102 valence electrons. The molecule has 0 aliphatic rings. The number of phenols is 2. The van der Waals surface area contributed by atoms with Gasteiger partial charge in [0.1, 0.15) is 29.5 Å². The summed E-state index contributed by atoms with van der Waals surface area (Å²) in [4.78, 5) is 22.3. The van der Waals surface area contributed by atoms with Gasteiger partial charge in [0.15, 0.2) is 5.75 Å². The average molecular weight is 287 g/mol. The summed E-state index contributed by atoms with van der Waals surface area (Å²) in [5.41, 5.74) is -0.196. The Morgan fingerprint density at radius 3 is 2.53 bits per heavy atom. The molecule has 0 heterocycles. The highest BCUT2D eigenvalue weighted by molar-refractivity contribution is 6.34. The number of benzene rings is 1. The van der Waals surface area contributed by atoms with Crippen LogP contribution in [0.15, 0.2) is 24.8 Å². The van der Waals surface area contributed by atoms with Crippen LogP contribution in [0.1, 0.15) is 10.4 Å². The summed E-state index contributed by atoms with van der Waals surface area (Å²) in [7, 11) is 0. The summed E-state index contributed by atoms with van der Waals surface area (Å²) in [6.07, 6.45) is 0.980. The van der Waals surface area contributed by atoms with Crippen LogP contribution in [0.3, 0.4) is 0 Å². The quantitative estimate of drug-likeness (QED) is 0.485. The van der Waals surface area contributed by atoms with Crippen molar-refractivity contribution in [1.29, 1.82) is 0 Å². The van der Waals surface area contributed by atoms with Crippen LogP contribution in [-0.2, 0) is 14.3 Å². The maximum Gasteiger partial charge on any atom is 0.342 e. The molecule has 19 heavy (non-hydrogen) atoms. The zero-order valence-corrected chi connectivity index (χ0v) is 10.5. The van der Waals surface area contributed by atoms with E-state index in [1.807, 2.05) is 0 Å². The summed E-state index contributed by atoms with van der Waals surface area (Å²) < 4.78 is 9.34. The monoisotopic (exact) mass is 286 g/mol. The smallest absolute Gasteiger partial charge is 0.342 e. The van der Waals surface area contributed by atoms with Crippen molar-refractivity contribution in [1.82, 2.24) is 0 Å². The van der Waals surface area contributed by atoms with Crippen molar-refractivity contribution in [3.05, 3.63) is 35.4 Å². The number of hydrogen-bond donors (Lipinski definition) is 2. The van der Waals surface area contributed by atoms with Gasteiger partial charge in [-0.2, -0.15) is 0 Å². The van der Waals surface area contributed by atoms with Crippen molar-refractivity contribution in [2.45, 2.75) is 0 Å². The van der Waals surface area contributed by atoms with Gasteiger partial charge in [-0.15, -0.1) is 0 Å². The highest BCUT2D eigenvalue weighted by Crippen LogP contribution is 2.35. The van der Waals surface area contributed by atoms with E-state index in [0.29, 0.717) is 0 Å². The average Bonchev–Trinajstić information content (AvgIpc) is 2.40. The molecule has 0 aliphatic heterocycles. The Morgan fingerprint density at radius 1 is 1.26 bits per heavy atom. The van der Waals surface area contributed by atoms with Gasteiger partial charge in [0.2, 0.25) is 0 Å². The Balaban J connectivity index is 2.57. The molecule has 0 spiro atoms. The molecule has 0 bridgehead atoms. The van der Waals surface area contributed by atoms with E-state index in [0.717, 1.165) is 18.2 Å². The van der Waals surface area contributed by atoms with Crippen LogP contribution in [0.5, 0.6) is 11.5 Å². The SMILES string of the molecule is C=CC(=O)OCCOC(=O)c1ccc(O)c(Cl)c1O. The van der Waals surface area contributed by atoms with Gasteiger partial charge in [-0.1, -0.05) is 18.2 Å². The molecule has 0 fully saturated rings. The van der Waals surface area contributed by atoms with Crippen LogP contribution in [0, 0.1) is 0 Å². The predicted molar refractivity (Wildman–Crippen MR) is 66.2 cm³/mol. The van der Waals surface area contributed by atoms with Crippen molar-refractivity contribution in [3.63, 3.8) is 0 Å². The van der Waals surface area contributed by atoms with Crippen molar-refractivity contribution in [2.75, 3.05) is 13.2 Å². The van der Waals surface area contributed by atoms with Crippen molar-refractivity contribution in [2.24, 2.45) is 0 Å². The summed E-state index contributed by atoms with van der Waals surface area (Å²) in [6.45, 7) is 2.88. The second kappa shape index (κ2) is 6.65. The number of carbonyl (C=O) groups excluding carboxylic acids is 2. The van der Waals surface area contributed by atoms with Gasteiger partial charge >= 0.3 is 11.9 Å². The number of hydrogen-bond acceptors (Lipinski definition) is 6. The number of halogens is 1. The van der Waals surface area contributed by atoms with E-state index in [2.05, 4.69) is 11.3 Å². The molecule has 7 heteroatoms. The van der Waals surface area contributed by atoms with Crippen LogP contribution in [0.2, 0.25) is 5.02 Å². The minimum absolute atomic E-state index is 0.136. The first-order valence-corrected chi connectivity index (χ1v) is 5.52. The van der Waals surface area contributed by atoms with Gasteiger partial charge in [0.25, 0.3) is 0 Å². The molecular formula is C12H11ClO6. The van der Waals surface area contributed by atoms with E-state index in [9.17, 15) is 19.8 Å². The maximum atomic E-state index is 11.6. The molecule has 1 aromatic carbocycles. The van der Waals surface area contributed by atoms with Crippen LogP contribution in [-0.4, -0.2) is 35.4 Å². The molecule has 0 atom stereocenters. The van der Waals surface area contributed by atoms with E-state index in [1.54, 1.807) is 0 Å². The van der Waals surface area contributed by atoms with Crippen LogP contribution in [0.25, 0.3) is 0 Å². The van der Waals surface area contributed by atoms with Crippen LogP contribution in [0.4, 0.5) is 0 Å². The summed E-state index contributed by atoms with van der Waals surface area (Å²) in [6, 6.07) is 2.31. The van der Waals surface area contributed by atoms with Gasteiger partial charge in [0, 0.05) is 6.08 Å². The Kier molecular flexibility index (Phi) is 5.20. The Morgan fingerprint density at radius 2 is 1.89 bits per heavy atom. The fraction of sp³-hybridized carbons (Fsp3) is 0.167. The van der Waals surface area contributed by atoms with E-state index in [1.165, 1.54) is 0 Å². The van der Waals surface area contributed by atoms with E-state index in [-0.39, 0.29) is 29.5 Å². The minimum Gasteiger partial charge on any atom is -0.506 e. The van der Waals surface area contributed by atoms with Crippen molar-refractivity contribution >= 4 is 23.5 Å². The molecule has 0 saturated carbocycles. The molecule has 1 rings (SSSR count). The number of rotatable bonds is 5. The van der Waals surface area contributed by atoms with E-state index < -0.39 is 17.7 Å². The molecule has 0 radical (unpaired) electrons. The van der Waals surface area contributed by atoms with Gasteiger partial charge in [0.05, 0.1) is 0 Å². The maximum absolute atomic E-state index is 11.6. The van der Waals surface area contributed by atoms with Gasteiger partial charge in [-0.05, 0) is 12.1 Å². The summed E-state index contributed by atoms with van der Waals surface area (Å²) in [5.74, 6) is -2.41. The Hall–Kier alpha value is -2.21. The third-order valence-corrected chi connectivity index (χ3v) is 2.42. The minimum atomic E-state index is -0.853. The van der Waals surface area contributed by atoms with Crippen molar-refractivity contribution in [3.8, 4) is 11.5 Å². The zero-order chi connectivity index (χ0) is 14.4. The molecule has 0 unspecified atom stereocenters. The Bertz CT molecular complexity index is 511. The summed E-state index contributed by atoms with van der Waals surface area (Å²) in [5, 5.41) is 18.4. The normalized spacial score (nSPS) is 9.74. The van der Waals surface area contributed by atoms with Gasteiger partial charge in [-0.3, -0.25) is 0 Å². The topological polar surface area (TPSA) is 93.1 Å². The third-order valence-electron chi connectivity index (χ3n) is 2.04. The molecule has 0 amide bonds. The lowest BCUT2D eigenvalue weighted by Gasteiger charge is -2.08. The molecule has 6 nitrogen and oxygen atoms in total. The van der Waals surface area contributed by atoms with Crippen molar-refractivity contribution < 1.29 is 29.3 Å². The molecule has 0 aromatic heterocycles. The second-order valence-corrected chi connectivity index (χ2v) is 3.68. The largest absolute Gasteiger partial charge is 0.506 e. The lowest BCUT2D eigenvalue weighted by Crippen LogP contribution is -2.13. The first-order valence-electron chi connectivity index (χ1n) is 5.14. The number of aromatic hydroxyl groups is 2. The first kappa shape index (κ1) is 14.8. The number of phenolic OH excluding ortho intramolecular Hbond substituents is 2. The number of carbonyl (C=O) groups is 2. The first-order chi connectivity index (χ1) is 8.97. The number of ether oxygens (including phenoxy) is 2. The Labute approximate surface area is 113 Å². The lowest BCUT2D eigenvalue weighted by molar-refractivity contribution is -0.138. The molecular weight excluding hydrogens is 276 g/mol. The highest BCUT2D eigenvalue weighted by Gasteiger charge is 2.17. The van der Waals surface area contributed by atoms with Gasteiger partial charge < -0.3 is 19.7 Å². The van der Waals surface area contributed by atoms with E-state index in [4.69, 9.17) is 16.3 Å². The molecule has 1 aromatic rings. The molecule has 2 N–H and O–H groups in total. The fourth-order valence-electron chi connectivity index (χ4n) is 1.13. The van der Waals surface area contributed by atoms with Gasteiger partial charge in [-0.25, -0.2) is 9.59 Å². The summed E-state index contributed by atoms with van der Waals surface area (Å²) >= 11 is 5.56. The highest BCUT2D eigenvalue weighted by atomic mass is 35.5. The fourth-order valence-corrected chi connectivity index (χ4v) is 1.30. The molecule has 0 aliphatic carbocycles. The van der Waals surface area contributed by atoms with Crippen LogP contribution < -0.4 is 0 Å².